The standard InChI is InChI=1S/C18H19ClN2O2S/c1-20-18(23)14-9-7-13(8-10-14)11-21(2)17(22)12-24-16-6-4-3-5-15(16)19/h3-10H,11-12H2,1-2H3,(H,20,23). The number of carbonyl (C=O) groups is 2. The van der Waals surface area contributed by atoms with Crippen LogP contribution in [0.3, 0.4) is 0 Å². The minimum absolute atomic E-state index is 0.0234. The van der Waals surface area contributed by atoms with Gasteiger partial charge >= 0.3 is 0 Å². The summed E-state index contributed by atoms with van der Waals surface area (Å²) in [4.78, 5) is 26.3. The maximum Gasteiger partial charge on any atom is 0.251 e. The molecule has 0 aliphatic rings. The molecule has 1 N–H and O–H groups in total. The van der Waals surface area contributed by atoms with Gasteiger partial charge in [-0.1, -0.05) is 35.9 Å². The Hall–Kier alpha value is -1.98. The lowest BCUT2D eigenvalue weighted by atomic mass is 10.1. The highest BCUT2D eigenvalue weighted by Gasteiger charge is 2.11. The molecule has 2 aromatic carbocycles. The van der Waals surface area contributed by atoms with E-state index in [1.165, 1.54) is 11.8 Å². The highest BCUT2D eigenvalue weighted by atomic mass is 35.5. The molecule has 0 radical (unpaired) electrons. The quantitative estimate of drug-likeness (QED) is 0.801. The van der Waals surface area contributed by atoms with Gasteiger partial charge < -0.3 is 10.2 Å². The Morgan fingerprint density at radius 1 is 1.12 bits per heavy atom. The molecule has 0 fully saturated rings. The number of nitrogens with zero attached hydrogens (tertiary/aromatic N) is 1. The zero-order valence-corrected chi connectivity index (χ0v) is 15.2. The largest absolute Gasteiger partial charge is 0.355 e. The van der Waals surface area contributed by atoms with Crippen LogP contribution in [0, 0.1) is 0 Å². The number of hydrogen-bond acceptors (Lipinski definition) is 3. The fourth-order valence-corrected chi connectivity index (χ4v) is 3.26. The summed E-state index contributed by atoms with van der Waals surface area (Å²) >= 11 is 7.52. The highest BCUT2D eigenvalue weighted by molar-refractivity contribution is 8.00. The van der Waals surface area contributed by atoms with E-state index in [0.29, 0.717) is 22.9 Å². The van der Waals surface area contributed by atoms with Crippen molar-refractivity contribution in [2.24, 2.45) is 0 Å². The predicted molar refractivity (Wildman–Crippen MR) is 98.5 cm³/mol. The molecular weight excluding hydrogens is 344 g/mol. The summed E-state index contributed by atoms with van der Waals surface area (Å²) in [6.45, 7) is 0.496. The molecule has 0 atom stereocenters. The van der Waals surface area contributed by atoms with E-state index in [9.17, 15) is 9.59 Å². The lowest BCUT2D eigenvalue weighted by molar-refractivity contribution is -0.127. The topological polar surface area (TPSA) is 49.4 Å². The van der Waals surface area contributed by atoms with Crippen LogP contribution < -0.4 is 5.32 Å². The SMILES string of the molecule is CNC(=O)c1ccc(CN(C)C(=O)CSc2ccccc2Cl)cc1. The Balaban J connectivity index is 1.89. The zero-order valence-electron chi connectivity index (χ0n) is 13.6. The third-order valence-electron chi connectivity index (χ3n) is 3.48. The smallest absolute Gasteiger partial charge is 0.251 e. The van der Waals surface area contributed by atoms with Gasteiger partial charge in [0, 0.05) is 31.1 Å². The fraction of sp³-hybridized carbons (Fsp3) is 0.222. The molecule has 24 heavy (non-hydrogen) atoms. The molecule has 0 saturated heterocycles. The lowest BCUT2D eigenvalue weighted by Crippen LogP contribution is -2.27. The first-order valence-electron chi connectivity index (χ1n) is 7.43. The van der Waals surface area contributed by atoms with Crippen LogP contribution in [-0.2, 0) is 11.3 Å². The van der Waals surface area contributed by atoms with Gasteiger partial charge in [-0.25, -0.2) is 0 Å². The van der Waals surface area contributed by atoms with Gasteiger partial charge in [-0.05, 0) is 29.8 Å². The summed E-state index contributed by atoms with van der Waals surface area (Å²) in [5.74, 6) is 0.230. The number of amides is 2. The van der Waals surface area contributed by atoms with Crippen molar-refractivity contribution >= 4 is 35.2 Å². The molecule has 0 aliphatic carbocycles. The number of benzene rings is 2. The maximum absolute atomic E-state index is 12.3. The Bertz CT molecular complexity index is 719. The fourth-order valence-electron chi connectivity index (χ4n) is 2.08. The summed E-state index contributed by atoms with van der Waals surface area (Å²) < 4.78 is 0. The normalized spacial score (nSPS) is 10.3. The molecule has 0 spiro atoms. The summed E-state index contributed by atoms with van der Waals surface area (Å²) in [5.41, 5.74) is 1.57. The number of nitrogens with one attached hydrogen (secondary N) is 1. The third kappa shape index (κ3) is 5.01. The van der Waals surface area contributed by atoms with E-state index in [0.717, 1.165) is 10.5 Å². The van der Waals surface area contributed by atoms with Gasteiger partial charge in [-0.3, -0.25) is 9.59 Å². The number of carbonyl (C=O) groups excluding carboxylic acids is 2. The Morgan fingerprint density at radius 3 is 2.42 bits per heavy atom. The molecule has 0 aromatic heterocycles. The number of halogens is 1. The van der Waals surface area contributed by atoms with Crippen LogP contribution in [0.15, 0.2) is 53.4 Å². The van der Waals surface area contributed by atoms with Crippen LogP contribution in [0.5, 0.6) is 0 Å². The minimum Gasteiger partial charge on any atom is -0.355 e. The zero-order chi connectivity index (χ0) is 17.5. The average molecular weight is 363 g/mol. The minimum atomic E-state index is -0.123. The molecule has 2 aromatic rings. The van der Waals surface area contributed by atoms with E-state index >= 15 is 0 Å². The second kappa shape index (κ2) is 8.76. The van der Waals surface area contributed by atoms with Crippen molar-refractivity contribution in [3.8, 4) is 0 Å². The van der Waals surface area contributed by atoms with Gasteiger partial charge in [-0.15, -0.1) is 11.8 Å². The number of rotatable bonds is 6. The van der Waals surface area contributed by atoms with Crippen LogP contribution in [0.2, 0.25) is 5.02 Å². The van der Waals surface area contributed by atoms with E-state index in [1.54, 1.807) is 31.1 Å². The monoisotopic (exact) mass is 362 g/mol. The van der Waals surface area contributed by atoms with Crippen molar-refractivity contribution in [2.45, 2.75) is 11.4 Å². The number of hydrogen-bond donors (Lipinski definition) is 1. The molecule has 2 rings (SSSR count). The molecule has 2 amide bonds. The molecule has 0 bridgehead atoms. The van der Waals surface area contributed by atoms with Crippen LogP contribution >= 0.6 is 23.4 Å². The van der Waals surface area contributed by atoms with Gasteiger partial charge in [0.2, 0.25) is 5.91 Å². The van der Waals surface area contributed by atoms with Crippen LogP contribution in [0.1, 0.15) is 15.9 Å². The third-order valence-corrected chi connectivity index (χ3v) is 4.98. The van der Waals surface area contributed by atoms with Crippen LogP contribution in [-0.4, -0.2) is 36.6 Å². The second-order valence-corrected chi connectivity index (χ2v) is 6.67. The summed E-state index contributed by atoms with van der Waals surface area (Å²) in [7, 11) is 3.36. The molecule has 0 aliphatic heterocycles. The van der Waals surface area contributed by atoms with Gasteiger partial charge in [0.15, 0.2) is 0 Å². The van der Waals surface area contributed by atoms with Crippen LogP contribution in [0.25, 0.3) is 0 Å². The van der Waals surface area contributed by atoms with Gasteiger partial charge in [0.25, 0.3) is 5.91 Å². The average Bonchev–Trinajstić information content (AvgIpc) is 2.60. The molecule has 0 unspecified atom stereocenters. The molecule has 6 heteroatoms. The van der Waals surface area contributed by atoms with Crippen molar-refractivity contribution in [1.82, 2.24) is 10.2 Å². The van der Waals surface area contributed by atoms with Crippen molar-refractivity contribution in [3.05, 3.63) is 64.7 Å². The first kappa shape index (κ1) is 18.4. The van der Waals surface area contributed by atoms with E-state index in [4.69, 9.17) is 11.6 Å². The predicted octanol–water partition coefficient (Wildman–Crippen LogP) is 3.45. The van der Waals surface area contributed by atoms with E-state index in [-0.39, 0.29) is 11.8 Å². The lowest BCUT2D eigenvalue weighted by Gasteiger charge is -2.17. The van der Waals surface area contributed by atoms with E-state index < -0.39 is 0 Å². The van der Waals surface area contributed by atoms with Gasteiger partial charge in [0.1, 0.15) is 0 Å². The van der Waals surface area contributed by atoms with Crippen molar-refractivity contribution < 1.29 is 9.59 Å². The molecule has 0 saturated carbocycles. The maximum atomic E-state index is 12.3. The Kier molecular flexibility index (Phi) is 6.70. The first-order chi connectivity index (χ1) is 11.5. The summed E-state index contributed by atoms with van der Waals surface area (Å²) in [5, 5.41) is 3.23. The van der Waals surface area contributed by atoms with Gasteiger partial charge in [0.05, 0.1) is 10.8 Å². The van der Waals surface area contributed by atoms with Crippen molar-refractivity contribution in [3.63, 3.8) is 0 Å². The first-order valence-corrected chi connectivity index (χ1v) is 8.80. The second-order valence-electron chi connectivity index (χ2n) is 5.24. The van der Waals surface area contributed by atoms with Crippen molar-refractivity contribution in [1.29, 1.82) is 0 Å². The Labute approximate surface area is 151 Å². The number of thioether (sulfide) groups is 1. The molecule has 0 heterocycles. The van der Waals surface area contributed by atoms with E-state index in [1.807, 2.05) is 36.4 Å². The van der Waals surface area contributed by atoms with Crippen molar-refractivity contribution in [2.75, 3.05) is 19.8 Å². The summed E-state index contributed by atoms with van der Waals surface area (Å²) in [6.07, 6.45) is 0. The Morgan fingerprint density at radius 2 is 1.79 bits per heavy atom. The highest BCUT2D eigenvalue weighted by Crippen LogP contribution is 2.26. The van der Waals surface area contributed by atoms with E-state index in [2.05, 4.69) is 5.32 Å². The molecular formula is C18H19ClN2O2S. The molecule has 4 nitrogen and oxygen atoms in total. The van der Waals surface area contributed by atoms with Gasteiger partial charge in [-0.2, -0.15) is 0 Å². The molecule has 126 valence electrons. The summed E-state index contributed by atoms with van der Waals surface area (Å²) in [6, 6.07) is 14.7. The van der Waals surface area contributed by atoms with Crippen LogP contribution in [0.4, 0.5) is 0 Å².